The van der Waals surface area contributed by atoms with Gasteiger partial charge in [-0.05, 0) is 59.5 Å². The van der Waals surface area contributed by atoms with Crippen molar-refractivity contribution in [1.29, 1.82) is 0 Å². The number of halogens is 1. The van der Waals surface area contributed by atoms with E-state index < -0.39 is 10.0 Å². The van der Waals surface area contributed by atoms with Gasteiger partial charge in [0.2, 0.25) is 10.0 Å². The first-order chi connectivity index (χ1) is 12.4. The van der Waals surface area contributed by atoms with E-state index in [0.29, 0.717) is 36.8 Å². The SMILES string of the molecule is CCn1cc(Br)cc1C(=O)NCc1ccc(S(=O)(=O)N2CCCC2)cc1. The van der Waals surface area contributed by atoms with E-state index in [1.165, 1.54) is 4.31 Å². The van der Waals surface area contributed by atoms with E-state index in [9.17, 15) is 13.2 Å². The number of benzene rings is 1. The molecule has 0 atom stereocenters. The molecule has 2 aromatic rings. The van der Waals surface area contributed by atoms with Crippen LogP contribution in [-0.2, 0) is 23.1 Å². The highest BCUT2D eigenvalue weighted by Gasteiger charge is 2.26. The van der Waals surface area contributed by atoms with E-state index in [1.807, 2.05) is 17.7 Å². The normalized spacial score (nSPS) is 15.3. The maximum atomic E-state index is 12.5. The number of nitrogens with zero attached hydrogens (tertiary/aromatic N) is 2. The van der Waals surface area contributed by atoms with E-state index in [2.05, 4.69) is 21.2 Å². The first kappa shape index (κ1) is 19.1. The van der Waals surface area contributed by atoms with Crippen LogP contribution < -0.4 is 5.32 Å². The summed E-state index contributed by atoms with van der Waals surface area (Å²) >= 11 is 3.38. The minimum atomic E-state index is -3.40. The highest BCUT2D eigenvalue weighted by atomic mass is 79.9. The molecule has 3 rings (SSSR count). The fraction of sp³-hybridized carbons (Fsp3) is 0.389. The second-order valence-electron chi connectivity index (χ2n) is 6.27. The van der Waals surface area contributed by atoms with Gasteiger partial charge in [-0.2, -0.15) is 4.31 Å². The van der Waals surface area contributed by atoms with Crippen molar-refractivity contribution in [2.75, 3.05) is 13.1 Å². The van der Waals surface area contributed by atoms with Crippen LogP contribution in [0, 0.1) is 0 Å². The van der Waals surface area contributed by atoms with Crippen LogP contribution in [-0.4, -0.2) is 36.3 Å². The molecule has 1 N–H and O–H groups in total. The zero-order valence-corrected chi connectivity index (χ0v) is 17.0. The fourth-order valence-corrected chi connectivity index (χ4v) is 5.04. The Kier molecular flexibility index (Phi) is 5.84. The van der Waals surface area contributed by atoms with Gasteiger partial charge >= 0.3 is 0 Å². The number of aromatic nitrogens is 1. The molecule has 1 aromatic heterocycles. The first-order valence-corrected chi connectivity index (χ1v) is 10.9. The molecule has 0 radical (unpaired) electrons. The van der Waals surface area contributed by atoms with Crippen LogP contribution in [0.1, 0.15) is 35.8 Å². The second-order valence-corrected chi connectivity index (χ2v) is 9.12. The molecule has 0 aliphatic carbocycles. The van der Waals surface area contributed by atoms with E-state index in [-0.39, 0.29) is 5.91 Å². The van der Waals surface area contributed by atoms with Crippen molar-refractivity contribution < 1.29 is 13.2 Å². The van der Waals surface area contributed by atoms with E-state index in [1.54, 1.807) is 30.3 Å². The van der Waals surface area contributed by atoms with Crippen molar-refractivity contribution in [1.82, 2.24) is 14.2 Å². The van der Waals surface area contributed by atoms with Gasteiger partial charge in [0.1, 0.15) is 5.69 Å². The van der Waals surface area contributed by atoms with Crippen LogP contribution in [0.4, 0.5) is 0 Å². The zero-order valence-electron chi connectivity index (χ0n) is 14.6. The lowest BCUT2D eigenvalue weighted by molar-refractivity contribution is 0.0941. The van der Waals surface area contributed by atoms with E-state index in [0.717, 1.165) is 22.9 Å². The van der Waals surface area contributed by atoms with Crippen LogP contribution in [0.3, 0.4) is 0 Å². The number of rotatable bonds is 6. The topological polar surface area (TPSA) is 71.4 Å². The summed E-state index contributed by atoms with van der Waals surface area (Å²) in [4.78, 5) is 12.7. The summed E-state index contributed by atoms with van der Waals surface area (Å²) in [7, 11) is -3.40. The monoisotopic (exact) mass is 439 g/mol. The molecule has 0 spiro atoms. The summed E-state index contributed by atoms with van der Waals surface area (Å²) in [5.41, 5.74) is 1.44. The van der Waals surface area contributed by atoms with E-state index >= 15 is 0 Å². The number of hydrogen-bond acceptors (Lipinski definition) is 3. The molecule has 1 saturated heterocycles. The summed E-state index contributed by atoms with van der Waals surface area (Å²) in [6.07, 6.45) is 3.70. The Hall–Kier alpha value is -1.64. The molecular weight excluding hydrogens is 418 g/mol. The van der Waals surface area contributed by atoms with Gasteiger partial charge in [0, 0.05) is 36.8 Å². The number of aryl methyl sites for hydroxylation is 1. The summed E-state index contributed by atoms with van der Waals surface area (Å²) in [5.74, 6) is -0.161. The lowest BCUT2D eigenvalue weighted by Crippen LogP contribution is -2.28. The van der Waals surface area contributed by atoms with Crippen LogP contribution in [0.25, 0.3) is 0 Å². The van der Waals surface area contributed by atoms with E-state index in [4.69, 9.17) is 0 Å². The van der Waals surface area contributed by atoms with Crippen molar-refractivity contribution in [3.63, 3.8) is 0 Å². The standard InChI is InChI=1S/C18H22BrN3O3S/c1-2-21-13-15(19)11-17(21)18(23)20-12-14-5-7-16(8-6-14)26(24,25)22-9-3-4-10-22/h5-8,11,13H,2-4,9-10,12H2,1H3,(H,20,23). The van der Waals surface area contributed by atoms with Crippen molar-refractivity contribution in [3.8, 4) is 0 Å². The molecular formula is C18H22BrN3O3S. The third-order valence-corrected chi connectivity index (χ3v) is 6.86. The van der Waals surface area contributed by atoms with Crippen molar-refractivity contribution in [2.45, 2.75) is 37.8 Å². The molecule has 0 unspecified atom stereocenters. The van der Waals surface area contributed by atoms with Gasteiger partial charge in [-0.25, -0.2) is 8.42 Å². The Balaban J connectivity index is 1.65. The smallest absolute Gasteiger partial charge is 0.268 e. The maximum Gasteiger partial charge on any atom is 0.268 e. The minimum absolute atomic E-state index is 0.161. The summed E-state index contributed by atoms with van der Waals surface area (Å²) in [5, 5.41) is 2.88. The van der Waals surface area contributed by atoms with Crippen LogP contribution in [0.2, 0.25) is 0 Å². The summed E-state index contributed by atoms with van der Waals surface area (Å²) in [6.45, 7) is 4.20. The third kappa shape index (κ3) is 4.02. The maximum absolute atomic E-state index is 12.5. The molecule has 1 fully saturated rings. The zero-order chi connectivity index (χ0) is 18.7. The number of hydrogen-bond donors (Lipinski definition) is 1. The fourth-order valence-electron chi connectivity index (χ4n) is 3.06. The highest BCUT2D eigenvalue weighted by molar-refractivity contribution is 9.10. The largest absolute Gasteiger partial charge is 0.347 e. The number of sulfonamides is 1. The third-order valence-electron chi connectivity index (χ3n) is 4.52. The Labute approximate surface area is 162 Å². The number of amides is 1. The minimum Gasteiger partial charge on any atom is -0.347 e. The molecule has 1 amide bonds. The van der Waals surface area contributed by atoms with Crippen LogP contribution in [0.5, 0.6) is 0 Å². The van der Waals surface area contributed by atoms with Crippen LogP contribution in [0.15, 0.2) is 45.9 Å². The molecule has 8 heteroatoms. The molecule has 6 nitrogen and oxygen atoms in total. The number of nitrogens with one attached hydrogen (secondary N) is 1. The van der Waals surface area contributed by atoms with Crippen molar-refractivity contribution in [3.05, 3.63) is 52.3 Å². The number of carbonyl (C=O) groups excluding carboxylic acids is 1. The molecule has 1 aliphatic rings. The quantitative estimate of drug-likeness (QED) is 0.751. The molecule has 26 heavy (non-hydrogen) atoms. The van der Waals surface area contributed by atoms with Gasteiger partial charge in [0.15, 0.2) is 0 Å². The molecule has 0 saturated carbocycles. The molecule has 140 valence electrons. The van der Waals surface area contributed by atoms with Gasteiger partial charge in [-0.3, -0.25) is 4.79 Å². The number of carbonyl (C=O) groups is 1. The van der Waals surface area contributed by atoms with Gasteiger partial charge in [0.05, 0.1) is 4.90 Å². The molecule has 0 bridgehead atoms. The molecule has 2 heterocycles. The van der Waals surface area contributed by atoms with Crippen molar-refractivity contribution in [2.24, 2.45) is 0 Å². The van der Waals surface area contributed by atoms with Gasteiger partial charge in [-0.1, -0.05) is 12.1 Å². The Morgan fingerprint density at radius 3 is 2.46 bits per heavy atom. The lowest BCUT2D eigenvalue weighted by Gasteiger charge is -2.15. The first-order valence-electron chi connectivity index (χ1n) is 8.65. The van der Waals surface area contributed by atoms with Crippen molar-refractivity contribution >= 4 is 31.9 Å². The molecule has 1 aromatic carbocycles. The van der Waals surface area contributed by atoms with Gasteiger partial charge in [-0.15, -0.1) is 0 Å². The predicted octanol–water partition coefficient (Wildman–Crippen LogP) is 2.99. The highest BCUT2D eigenvalue weighted by Crippen LogP contribution is 2.21. The lowest BCUT2D eigenvalue weighted by atomic mass is 10.2. The second kappa shape index (κ2) is 7.94. The Bertz CT molecular complexity index is 885. The van der Waals surface area contributed by atoms with Gasteiger partial charge in [0.25, 0.3) is 5.91 Å². The van der Waals surface area contributed by atoms with Crippen LogP contribution >= 0.6 is 15.9 Å². The summed E-state index contributed by atoms with van der Waals surface area (Å²) < 4.78 is 29.3. The average molecular weight is 440 g/mol. The summed E-state index contributed by atoms with van der Waals surface area (Å²) in [6, 6.07) is 8.50. The Morgan fingerprint density at radius 1 is 1.19 bits per heavy atom. The predicted molar refractivity (Wildman–Crippen MR) is 103 cm³/mol. The van der Waals surface area contributed by atoms with Gasteiger partial charge < -0.3 is 9.88 Å². The average Bonchev–Trinajstić information content (AvgIpc) is 3.29. The molecule has 1 aliphatic heterocycles. The Morgan fingerprint density at radius 2 is 1.85 bits per heavy atom.